The molecule has 2 unspecified atom stereocenters. The van der Waals surface area contributed by atoms with Crippen molar-refractivity contribution >= 4 is 0 Å². The standard InChI is InChI=1S/C11H18N2/c1-13-10-4-5-11(13)8-9(7-10)3-2-6-12/h9-11H,2-5,7-8H2,1H3. The van der Waals surface area contributed by atoms with E-state index in [1.807, 2.05) is 0 Å². The largest absolute Gasteiger partial charge is 0.300 e. The molecule has 0 amide bonds. The topological polar surface area (TPSA) is 27.0 Å². The highest BCUT2D eigenvalue weighted by Gasteiger charge is 2.37. The molecule has 2 fully saturated rings. The molecule has 2 aliphatic heterocycles. The Kier molecular flexibility index (Phi) is 2.55. The Morgan fingerprint density at radius 2 is 1.92 bits per heavy atom. The Morgan fingerprint density at radius 3 is 2.46 bits per heavy atom. The van der Waals surface area contributed by atoms with Gasteiger partial charge in [0.05, 0.1) is 6.07 Å². The zero-order chi connectivity index (χ0) is 9.26. The van der Waals surface area contributed by atoms with Crippen LogP contribution in [0.4, 0.5) is 0 Å². The van der Waals surface area contributed by atoms with E-state index in [4.69, 9.17) is 5.26 Å². The average Bonchev–Trinajstić information content (AvgIpc) is 2.41. The van der Waals surface area contributed by atoms with Crippen molar-refractivity contribution in [2.75, 3.05) is 7.05 Å². The zero-order valence-electron chi connectivity index (χ0n) is 8.37. The number of fused-ring (bicyclic) bond motifs is 2. The fourth-order valence-corrected chi connectivity index (χ4v) is 3.03. The molecule has 72 valence electrons. The highest BCUT2D eigenvalue weighted by atomic mass is 15.2. The first-order valence-electron chi connectivity index (χ1n) is 5.40. The molecule has 0 spiro atoms. The van der Waals surface area contributed by atoms with Crippen LogP contribution in [0.1, 0.15) is 38.5 Å². The van der Waals surface area contributed by atoms with E-state index in [1.165, 1.54) is 25.7 Å². The van der Waals surface area contributed by atoms with E-state index in [1.54, 1.807) is 0 Å². The first-order valence-corrected chi connectivity index (χ1v) is 5.40. The van der Waals surface area contributed by atoms with E-state index in [0.717, 1.165) is 30.8 Å². The Labute approximate surface area is 80.5 Å². The third-order valence-electron chi connectivity index (χ3n) is 3.86. The van der Waals surface area contributed by atoms with Gasteiger partial charge < -0.3 is 4.90 Å². The molecule has 0 radical (unpaired) electrons. The van der Waals surface area contributed by atoms with Crippen molar-refractivity contribution < 1.29 is 0 Å². The van der Waals surface area contributed by atoms with Gasteiger partial charge in [-0.25, -0.2) is 0 Å². The normalized spacial score (nSPS) is 38.9. The van der Waals surface area contributed by atoms with Gasteiger partial charge in [-0.05, 0) is 45.1 Å². The van der Waals surface area contributed by atoms with Gasteiger partial charge in [0.2, 0.25) is 0 Å². The molecule has 2 atom stereocenters. The first kappa shape index (κ1) is 9.02. The molecular formula is C11H18N2. The predicted octanol–water partition coefficient (Wildman–Crippen LogP) is 2.16. The number of nitriles is 1. The van der Waals surface area contributed by atoms with Crippen LogP contribution in [0.2, 0.25) is 0 Å². The van der Waals surface area contributed by atoms with Gasteiger partial charge in [0, 0.05) is 18.5 Å². The van der Waals surface area contributed by atoms with Crippen molar-refractivity contribution in [3.63, 3.8) is 0 Å². The maximum Gasteiger partial charge on any atom is 0.0621 e. The highest BCUT2D eigenvalue weighted by molar-refractivity contribution is 4.93. The van der Waals surface area contributed by atoms with Crippen LogP contribution >= 0.6 is 0 Å². The molecule has 2 aliphatic rings. The van der Waals surface area contributed by atoms with Crippen molar-refractivity contribution in [2.45, 2.75) is 50.6 Å². The molecule has 2 rings (SSSR count). The van der Waals surface area contributed by atoms with Crippen LogP contribution in [0.15, 0.2) is 0 Å². The summed E-state index contributed by atoms with van der Waals surface area (Å²) in [6, 6.07) is 3.93. The van der Waals surface area contributed by atoms with Crippen LogP contribution in [0.5, 0.6) is 0 Å². The summed E-state index contributed by atoms with van der Waals surface area (Å²) in [5.41, 5.74) is 0. The van der Waals surface area contributed by atoms with Crippen LogP contribution in [0.3, 0.4) is 0 Å². The minimum atomic E-state index is 0.758. The Morgan fingerprint density at radius 1 is 1.31 bits per heavy atom. The summed E-state index contributed by atoms with van der Waals surface area (Å²) in [6.07, 6.45) is 7.36. The second-order valence-electron chi connectivity index (χ2n) is 4.58. The number of piperidine rings is 1. The maximum absolute atomic E-state index is 8.54. The molecule has 2 heteroatoms. The summed E-state index contributed by atoms with van der Waals surface area (Å²) < 4.78 is 0. The van der Waals surface area contributed by atoms with Gasteiger partial charge in [-0.3, -0.25) is 0 Å². The van der Waals surface area contributed by atoms with E-state index in [2.05, 4.69) is 18.0 Å². The van der Waals surface area contributed by atoms with Gasteiger partial charge in [-0.1, -0.05) is 0 Å². The SMILES string of the molecule is CN1C2CCC1CC(CCC#N)C2. The van der Waals surface area contributed by atoms with Crippen molar-refractivity contribution in [1.29, 1.82) is 5.26 Å². The Balaban J connectivity index is 1.88. The van der Waals surface area contributed by atoms with Gasteiger partial charge in [0.15, 0.2) is 0 Å². The molecule has 2 saturated heterocycles. The molecule has 2 bridgehead atoms. The fourth-order valence-electron chi connectivity index (χ4n) is 3.03. The summed E-state index contributed by atoms with van der Waals surface area (Å²) in [4.78, 5) is 2.56. The molecule has 13 heavy (non-hydrogen) atoms. The summed E-state index contributed by atoms with van der Waals surface area (Å²) in [6.45, 7) is 0. The number of nitrogens with zero attached hydrogens (tertiary/aromatic N) is 2. The van der Waals surface area contributed by atoms with Gasteiger partial charge in [0.25, 0.3) is 0 Å². The van der Waals surface area contributed by atoms with E-state index in [9.17, 15) is 0 Å². The lowest BCUT2D eigenvalue weighted by Gasteiger charge is -2.36. The Bertz CT molecular complexity index is 205. The Hall–Kier alpha value is -0.550. The number of hydrogen-bond donors (Lipinski definition) is 0. The van der Waals surface area contributed by atoms with Gasteiger partial charge in [0.1, 0.15) is 0 Å². The van der Waals surface area contributed by atoms with Crippen molar-refractivity contribution in [1.82, 2.24) is 4.90 Å². The molecule has 0 N–H and O–H groups in total. The lowest BCUT2D eigenvalue weighted by Crippen LogP contribution is -2.39. The van der Waals surface area contributed by atoms with Crippen molar-refractivity contribution in [3.8, 4) is 6.07 Å². The molecule has 0 aliphatic carbocycles. The fraction of sp³-hybridized carbons (Fsp3) is 0.909. The average molecular weight is 178 g/mol. The summed E-state index contributed by atoms with van der Waals surface area (Å²) in [5, 5.41) is 8.54. The minimum absolute atomic E-state index is 0.758. The van der Waals surface area contributed by atoms with E-state index >= 15 is 0 Å². The second-order valence-corrected chi connectivity index (χ2v) is 4.58. The lowest BCUT2D eigenvalue weighted by molar-refractivity contribution is 0.130. The lowest BCUT2D eigenvalue weighted by atomic mass is 9.88. The van der Waals surface area contributed by atoms with Gasteiger partial charge in [-0.2, -0.15) is 5.26 Å². The minimum Gasteiger partial charge on any atom is -0.300 e. The highest BCUT2D eigenvalue weighted by Crippen LogP contribution is 2.38. The summed E-state index contributed by atoms with van der Waals surface area (Å²) >= 11 is 0. The van der Waals surface area contributed by atoms with Crippen molar-refractivity contribution in [3.05, 3.63) is 0 Å². The van der Waals surface area contributed by atoms with E-state index in [0.29, 0.717) is 0 Å². The predicted molar refractivity (Wildman–Crippen MR) is 52.1 cm³/mol. The third-order valence-corrected chi connectivity index (χ3v) is 3.86. The molecule has 2 heterocycles. The molecule has 0 saturated carbocycles. The second kappa shape index (κ2) is 3.67. The zero-order valence-corrected chi connectivity index (χ0v) is 8.37. The monoisotopic (exact) mass is 178 g/mol. The molecule has 0 aromatic carbocycles. The molecule has 0 aromatic heterocycles. The first-order chi connectivity index (χ1) is 6.31. The van der Waals surface area contributed by atoms with E-state index in [-0.39, 0.29) is 0 Å². The van der Waals surface area contributed by atoms with Gasteiger partial charge >= 0.3 is 0 Å². The van der Waals surface area contributed by atoms with Crippen LogP contribution < -0.4 is 0 Å². The number of hydrogen-bond acceptors (Lipinski definition) is 2. The quantitative estimate of drug-likeness (QED) is 0.648. The van der Waals surface area contributed by atoms with Crippen LogP contribution in [-0.2, 0) is 0 Å². The summed E-state index contributed by atoms with van der Waals surface area (Å²) in [5.74, 6) is 0.841. The molecule has 2 nitrogen and oxygen atoms in total. The third kappa shape index (κ3) is 1.71. The van der Waals surface area contributed by atoms with Crippen LogP contribution in [-0.4, -0.2) is 24.0 Å². The smallest absolute Gasteiger partial charge is 0.0621 e. The summed E-state index contributed by atoms with van der Waals surface area (Å²) in [7, 11) is 2.27. The van der Waals surface area contributed by atoms with Gasteiger partial charge in [-0.15, -0.1) is 0 Å². The van der Waals surface area contributed by atoms with Crippen molar-refractivity contribution in [2.24, 2.45) is 5.92 Å². The van der Waals surface area contributed by atoms with E-state index < -0.39 is 0 Å². The maximum atomic E-state index is 8.54. The van der Waals surface area contributed by atoms with Crippen LogP contribution in [0, 0.1) is 17.2 Å². The number of rotatable bonds is 2. The molecule has 0 aromatic rings. The van der Waals surface area contributed by atoms with Crippen LogP contribution in [0.25, 0.3) is 0 Å². The molecular weight excluding hydrogens is 160 g/mol.